The average Bonchev–Trinajstić information content (AvgIpc) is 3.02. The molecule has 8 unspecified atom stereocenters. The van der Waals surface area contributed by atoms with Gasteiger partial charge in [0.25, 0.3) is 0 Å². The summed E-state index contributed by atoms with van der Waals surface area (Å²) in [6, 6.07) is 0. The van der Waals surface area contributed by atoms with Crippen LogP contribution in [0.5, 0.6) is 0 Å². The number of fused-ring (bicyclic) bond motifs is 5. The molecule has 2 heterocycles. The van der Waals surface area contributed by atoms with Crippen LogP contribution in [-0.4, -0.2) is 39.4 Å². The second-order valence-electron chi connectivity index (χ2n) is 12.5. The smallest absolute Gasteiger partial charge is 0.147 e. The molecule has 0 bridgehead atoms. The Balaban J connectivity index is 1.22. The number of aliphatic hydroxyl groups excluding tert-OH is 1. The van der Waals surface area contributed by atoms with E-state index in [1.807, 2.05) is 0 Å². The second-order valence-corrected chi connectivity index (χ2v) is 12.5. The molecular formula is C27H41NO3. The van der Waals surface area contributed by atoms with Gasteiger partial charge in [-0.3, -0.25) is 0 Å². The summed E-state index contributed by atoms with van der Waals surface area (Å²) >= 11 is 0. The highest BCUT2D eigenvalue weighted by Crippen LogP contribution is 2.64. The summed E-state index contributed by atoms with van der Waals surface area (Å²) < 4.78 is 6.73. The van der Waals surface area contributed by atoms with E-state index in [-0.39, 0.29) is 11.7 Å². The molecule has 2 saturated carbocycles. The number of hydrogen-bond donors (Lipinski definition) is 2. The third-order valence-electron chi connectivity index (χ3n) is 10.6. The zero-order valence-corrected chi connectivity index (χ0v) is 19.7. The third-order valence-corrected chi connectivity index (χ3v) is 10.6. The van der Waals surface area contributed by atoms with Gasteiger partial charge in [-0.1, -0.05) is 36.6 Å². The molecule has 0 amide bonds. The van der Waals surface area contributed by atoms with Crippen LogP contribution in [0.4, 0.5) is 0 Å². The first-order chi connectivity index (χ1) is 14.7. The van der Waals surface area contributed by atoms with E-state index >= 15 is 0 Å². The molecular weight excluding hydrogens is 386 g/mol. The molecule has 0 radical (unpaired) electrons. The first-order valence-corrected chi connectivity index (χ1v) is 13.0. The van der Waals surface area contributed by atoms with Crippen molar-refractivity contribution in [2.24, 2.45) is 29.1 Å². The Morgan fingerprint density at radius 2 is 1.94 bits per heavy atom. The number of nitrogens with zero attached hydrogens (tertiary/aromatic N) is 1. The second kappa shape index (κ2) is 6.91. The van der Waals surface area contributed by atoms with Crippen molar-refractivity contribution in [1.29, 1.82) is 0 Å². The number of ether oxygens (including phenoxy) is 1. The van der Waals surface area contributed by atoms with Gasteiger partial charge < -0.3 is 15.1 Å². The molecule has 2 saturated heterocycles. The van der Waals surface area contributed by atoms with Gasteiger partial charge in [-0.05, 0) is 100 Å². The Morgan fingerprint density at radius 3 is 2.71 bits per heavy atom. The van der Waals surface area contributed by atoms with E-state index in [4.69, 9.17) is 4.74 Å². The van der Waals surface area contributed by atoms with E-state index in [1.165, 1.54) is 24.3 Å². The summed E-state index contributed by atoms with van der Waals surface area (Å²) in [5, 5.41) is 22.4. The van der Waals surface area contributed by atoms with Gasteiger partial charge >= 0.3 is 0 Å². The number of aliphatic hydroxyl groups is 1. The van der Waals surface area contributed by atoms with E-state index in [1.54, 1.807) is 16.7 Å². The molecule has 6 rings (SSSR count). The standard InChI is InChI=1S/C27H41NO3/c1-17-6-11-27(28(30)15-17)16-26(31-27)10-8-21-22-5-4-19-12-20(29)7-9-25(19,3)24(22)13-23(21)18(2)14-26/h4,17,20-22,24,29-30H,5-16H2,1-3H3. The fraction of sp³-hybridized carbons (Fsp3) is 0.852. The van der Waals surface area contributed by atoms with Gasteiger partial charge in [-0.25, -0.2) is 0 Å². The van der Waals surface area contributed by atoms with Crippen LogP contribution in [0.1, 0.15) is 91.4 Å². The van der Waals surface area contributed by atoms with Crippen LogP contribution in [0.15, 0.2) is 22.8 Å². The lowest BCUT2D eigenvalue weighted by molar-refractivity contribution is -0.411. The average molecular weight is 428 g/mol. The van der Waals surface area contributed by atoms with E-state index in [0.717, 1.165) is 69.7 Å². The fourth-order valence-corrected chi connectivity index (χ4v) is 8.90. The minimum Gasteiger partial charge on any atom is -0.393 e. The van der Waals surface area contributed by atoms with Crippen LogP contribution in [-0.2, 0) is 4.74 Å². The Labute approximate surface area is 187 Å². The predicted molar refractivity (Wildman–Crippen MR) is 120 cm³/mol. The number of rotatable bonds is 0. The van der Waals surface area contributed by atoms with Crippen molar-refractivity contribution in [1.82, 2.24) is 5.06 Å². The van der Waals surface area contributed by atoms with Crippen molar-refractivity contribution in [3.8, 4) is 0 Å². The maximum Gasteiger partial charge on any atom is 0.147 e. The normalized spacial score (nSPS) is 52.3. The van der Waals surface area contributed by atoms with Crippen LogP contribution in [0, 0.1) is 29.1 Å². The topological polar surface area (TPSA) is 52.9 Å². The number of hydroxylamine groups is 2. The van der Waals surface area contributed by atoms with Crippen molar-refractivity contribution < 1.29 is 15.1 Å². The molecule has 0 aromatic carbocycles. The number of hydrogen-bond acceptors (Lipinski definition) is 4. The van der Waals surface area contributed by atoms with Gasteiger partial charge in [0.05, 0.1) is 11.7 Å². The molecule has 4 aliphatic carbocycles. The van der Waals surface area contributed by atoms with Crippen molar-refractivity contribution in [2.45, 2.75) is 109 Å². The summed E-state index contributed by atoms with van der Waals surface area (Å²) in [4.78, 5) is 0. The van der Waals surface area contributed by atoms with E-state index in [9.17, 15) is 10.3 Å². The van der Waals surface area contributed by atoms with E-state index in [2.05, 4.69) is 26.8 Å². The Morgan fingerprint density at radius 1 is 1.13 bits per heavy atom. The van der Waals surface area contributed by atoms with Crippen molar-refractivity contribution in [2.75, 3.05) is 6.54 Å². The summed E-state index contributed by atoms with van der Waals surface area (Å²) in [6.45, 7) is 7.84. The van der Waals surface area contributed by atoms with Crippen molar-refractivity contribution in [3.05, 3.63) is 22.8 Å². The maximum absolute atomic E-state index is 10.6. The molecule has 6 aliphatic rings. The lowest BCUT2D eigenvalue weighted by Gasteiger charge is -2.61. The van der Waals surface area contributed by atoms with Gasteiger partial charge in [0.2, 0.25) is 0 Å². The lowest BCUT2D eigenvalue weighted by atomic mass is 9.56. The third kappa shape index (κ3) is 3.01. The maximum atomic E-state index is 10.6. The quantitative estimate of drug-likeness (QED) is 0.494. The van der Waals surface area contributed by atoms with Gasteiger partial charge in [-0.2, -0.15) is 5.06 Å². The molecule has 8 atom stereocenters. The molecule has 4 heteroatoms. The number of allylic oxidation sites excluding steroid dienone is 2. The van der Waals surface area contributed by atoms with Gasteiger partial charge in [-0.15, -0.1) is 0 Å². The van der Waals surface area contributed by atoms with Crippen molar-refractivity contribution in [3.63, 3.8) is 0 Å². The zero-order chi connectivity index (χ0) is 21.6. The minimum atomic E-state index is -0.404. The summed E-state index contributed by atoms with van der Waals surface area (Å²) in [5.41, 5.74) is 4.73. The van der Waals surface area contributed by atoms with Crippen LogP contribution >= 0.6 is 0 Å². The molecule has 4 fully saturated rings. The zero-order valence-electron chi connectivity index (χ0n) is 19.7. The van der Waals surface area contributed by atoms with Crippen LogP contribution in [0.25, 0.3) is 0 Å². The monoisotopic (exact) mass is 427 g/mol. The summed E-state index contributed by atoms with van der Waals surface area (Å²) in [6.07, 6.45) is 14.4. The van der Waals surface area contributed by atoms with Gasteiger partial charge in [0, 0.05) is 13.0 Å². The minimum absolute atomic E-state index is 0.0486. The highest BCUT2D eigenvalue weighted by Gasteiger charge is 2.62. The molecule has 172 valence electrons. The first kappa shape index (κ1) is 20.9. The highest BCUT2D eigenvalue weighted by atomic mass is 16.6. The molecule has 4 nitrogen and oxygen atoms in total. The molecule has 2 N–H and O–H groups in total. The Kier molecular flexibility index (Phi) is 4.66. The lowest BCUT2D eigenvalue weighted by Crippen LogP contribution is -2.69. The fourth-order valence-electron chi connectivity index (χ4n) is 8.90. The predicted octanol–water partition coefficient (Wildman–Crippen LogP) is 5.60. The van der Waals surface area contributed by atoms with Gasteiger partial charge in [0.1, 0.15) is 5.72 Å². The van der Waals surface area contributed by atoms with Crippen LogP contribution < -0.4 is 0 Å². The molecule has 0 aromatic heterocycles. The summed E-state index contributed by atoms with van der Waals surface area (Å²) in [5.74, 6) is 2.78. The molecule has 2 spiro atoms. The molecule has 0 aromatic rings. The summed E-state index contributed by atoms with van der Waals surface area (Å²) in [7, 11) is 0. The highest BCUT2D eigenvalue weighted by molar-refractivity contribution is 5.33. The largest absolute Gasteiger partial charge is 0.393 e. The van der Waals surface area contributed by atoms with Crippen LogP contribution in [0.3, 0.4) is 0 Å². The van der Waals surface area contributed by atoms with E-state index in [0.29, 0.717) is 17.3 Å². The Bertz CT molecular complexity index is 824. The Hall–Kier alpha value is -0.680. The first-order valence-electron chi connectivity index (χ1n) is 13.0. The molecule has 2 aliphatic heterocycles. The SMILES string of the molecule is CC1=C2CC3C(CC=C4CC(O)CCC43C)C2CCC2(C1)CC1(CCC(C)CN1O)O2. The van der Waals surface area contributed by atoms with E-state index < -0.39 is 5.72 Å². The molecule has 31 heavy (non-hydrogen) atoms. The number of piperidine rings is 1. The van der Waals surface area contributed by atoms with Crippen molar-refractivity contribution >= 4 is 0 Å². The van der Waals surface area contributed by atoms with Gasteiger partial charge in [0.15, 0.2) is 0 Å². The van der Waals surface area contributed by atoms with Crippen LogP contribution in [0.2, 0.25) is 0 Å².